The molecule has 3 rings (SSSR count). The van der Waals surface area contributed by atoms with Crippen LogP contribution in [0.15, 0.2) is 64.4 Å². The number of hydrogen-bond donors (Lipinski definition) is 0. The SMILES string of the molecule is CC(Sc1ncc(-c2ccc(F)cc2)o1)c1cccc([N+](=O)[O-])c1. The molecule has 0 amide bonds. The minimum atomic E-state index is -0.418. The number of aromatic nitrogens is 1. The molecule has 7 heteroatoms. The maximum Gasteiger partial charge on any atom is 0.269 e. The van der Waals surface area contributed by atoms with Gasteiger partial charge in [0.15, 0.2) is 5.76 Å². The fourth-order valence-corrected chi connectivity index (χ4v) is 3.01. The normalized spacial score (nSPS) is 12.1. The number of nitro groups is 1. The third kappa shape index (κ3) is 3.62. The molecule has 0 aliphatic carbocycles. The molecular weight excluding hydrogens is 331 g/mol. The van der Waals surface area contributed by atoms with Crippen molar-refractivity contribution >= 4 is 17.4 Å². The van der Waals surface area contributed by atoms with Crippen molar-refractivity contribution in [3.63, 3.8) is 0 Å². The highest BCUT2D eigenvalue weighted by Crippen LogP contribution is 2.36. The molecule has 1 heterocycles. The van der Waals surface area contributed by atoms with Gasteiger partial charge in [0.1, 0.15) is 5.82 Å². The van der Waals surface area contributed by atoms with E-state index >= 15 is 0 Å². The van der Waals surface area contributed by atoms with Crippen molar-refractivity contribution in [1.82, 2.24) is 4.98 Å². The Morgan fingerprint density at radius 2 is 2.00 bits per heavy atom. The van der Waals surface area contributed by atoms with Crippen molar-refractivity contribution in [2.45, 2.75) is 17.4 Å². The molecule has 24 heavy (non-hydrogen) atoms. The lowest BCUT2D eigenvalue weighted by atomic mass is 10.1. The summed E-state index contributed by atoms with van der Waals surface area (Å²) in [5.74, 6) is 0.232. The molecule has 0 saturated heterocycles. The van der Waals surface area contributed by atoms with Crippen LogP contribution in [0.4, 0.5) is 10.1 Å². The summed E-state index contributed by atoms with van der Waals surface area (Å²) in [6.07, 6.45) is 1.58. The number of oxazole rings is 1. The number of halogens is 1. The van der Waals surface area contributed by atoms with Gasteiger partial charge in [-0.05, 0) is 36.8 Å². The topological polar surface area (TPSA) is 69.2 Å². The van der Waals surface area contributed by atoms with E-state index in [1.165, 1.54) is 30.0 Å². The maximum absolute atomic E-state index is 13.0. The Labute approximate surface area is 141 Å². The van der Waals surface area contributed by atoms with E-state index in [-0.39, 0.29) is 16.8 Å². The molecule has 5 nitrogen and oxygen atoms in total. The Kier molecular flexibility index (Phi) is 4.61. The van der Waals surface area contributed by atoms with Gasteiger partial charge in [0.05, 0.1) is 11.1 Å². The number of benzene rings is 2. The number of hydrogen-bond acceptors (Lipinski definition) is 5. The number of thioether (sulfide) groups is 1. The number of nitrogens with zero attached hydrogens (tertiary/aromatic N) is 2. The zero-order chi connectivity index (χ0) is 17.1. The van der Waals surface area contributed by atoms with Crippen LogP contribution in [0.3, 0.4) is 0 Å². The highest BCUT2D eigenvalue weighted by molar-refractivity contribution is 7.99. The molecule has 122 valence electrons. The second kappa shape index (κ2) is 6.84. The second-order valence-electron chi connectivity index (χ2n) is 5.11. The average Bonchev–Trinajstić information content (AvgIpc) is 3.04. The fourth-order valence-electron chi connectivity index (χ4n) is 2.17. The zero-order valence-corrected chi connectivity index (χ0v) is 13.5. The van der Waals surface area contributed by atoms with Gasteiger partial charge in [-0.25, -0.2) is 9.37 Å². The molecule has 0 bridgehead atoms. The Morgan fingerprint density at radius 1 is 1.25 bits per heavy atom. The summed E-state index contributed by atoms with van der Waals surface area (Å²) in [5, 5.41) is 11.2. The summed E-state index contributed by atoms with van der Waals surface area (Å²) in [4.78, 5) is 14.6. The first-order chi connectivity index (χ1) is 11.5. The third-order valence-electron chi connectivity index (χ3n) is 3.44. The van der Waals surface area contributed by atoms with Crippen LogP contribution in [0.25, 0.3) is 11.3 Å². The molecule has 2 aromatic carbocycles. The van der Waals surface area contributed by atoms with Gasteiger partial charge in [-0.1, -0.05) is 23.9 Å². The monoisotopic (exact) mass is 344 g/mol. The van der Waals surface area contributed by atoms with E-state index in [4.69, 9.17) is 4.42 Å². The molecular formula is C17H13FN2O3S. The lowest BCUT2D eigenvalue weighted by Gasteiger charge is -2.08. The van der Waals surface area contributed by atoms with Crippen molar-refractivity contribution in [2.24, 2.45) is 0 Å². The van der Waals surface area contributed by atoms with Gasteiger partial charge in [0.25, 0.3) is 10.9 Å². The first-order valence-electron chi connectivity index (χ1n) is 7.16. The van der Waals surface area contributed by atoms with E-state index in [0.29, 0.717) is 11.0 Å². The smallest absolute Gasteiger partial charge is 0.269 e. The van der Waals surface area contributed by atoms with Crippen LogP contribution < -0.4 is 0 Å². The average molecular weight is 344 g/mol. The molecule has 0 fully saturated rings. The van der Waals surface area contributed by atoms with Gasteiger partial charge >= 0.3 is 0 Å². The van der Waals surface area contributed by atoms with Crippen LogP contribution in [0, 0.1) is 15.9 Å². The number of nitro benzene ring substituents is 1. The Morgan fingerprint density at radius 3 is 2.71 bits per heavy atom. The predicted octanol–water partition coefficient (Wildman–Crippen LogP) is 5.24. The van der Waals surface area contributed by atoms with Gasteiger partial charge in [-0.15, -0.1) is 0 Å². The minimum absolute atomic E-state index is 0.0550. The highest BCUT2D eigenvalue weighted by Gasteiger charge is 2.15. The first-order valence-corrected chi connectivity index (χ1v) is 8.03. The van der Waals surface area contributed by atoms with Crippen molar-refractivity contribution in [3.8, 4) is 11.3 Å². The molecule has 0 spiro atoms. The molecule has 3 aromatic rings. The molecule has 1 unspecified atom stereocenters. The Bertz CT molecular complexity index is 864. The van der Waals surface area contributed by atoms with Gasteiger partial charge in [-0.2, -0.15) is 0 Å². The molecule has 1 atom stereocenters. The van der Waals surface area contributed by atoms with E-state index in [1.54, 1.807) is 30.5 Å². The van der Waals surface area contributed by atoms with E-state index in [2.05, 4.69) is 4.98 Å². The van der Waals surface area contributed by atoms with Gasteiger partial charge < -0.3 is 4.42 Å². The summed E-state index contributed by atoms with van der Waals surface area (Å²) < 4.78 is 18.6. The lowest BCUT2D eigenvalue weighted by molar-refractivity contribution is -0.384. The lowest BCUT2D eigenvalue weighted by Crippen LogP contribution is -1.92. The van der Waals surface area contributed by atoms with Gasteiger partial charge in [0, 0.05) is 22.9 Å². The van der Waals surface area contributed by atoms with Gasteiger partial charge in [0.2, 0.25) is 0 Å². The van der Waals surface area contributed by atoms with Crippen molar-refractivity contribution in [2.75, 3.05) is 0 Å². The van der Waals surface area contributed by atoms with Gasteiger partial charge in [-0.3, -0.25) is 10.1 Å². The summed E-state index contributed by atoms with van der Waals surface area (Å²) in [6.45, 7) is 1.92. The van der Waals surface area contributed by atoms with E-state index in [1.807, 2.05) is 13.0 Å². The molecule has 0 saturated carbocycles. The molecule has 0 aliphatic heterocycles. The Balaban J connectivity index is 1.75. The largest absolute Gasteiger partial charge is 0.431 e. The highest BCUT2D eigenvalue weighted by atomic mass is 32.2. The summed E-state index contributed by atoms with van der Waals surface area (Å²) in [5.41, 5.74) is 1.61. The minimum Gasteiger partial charge on any atom is -0.431 e. The molecule has 0 radical (unpaired) electrons. The fraction of sp³-hybridized carbons (Fsp3) is 0.118. The molecule has 0 N–H and O–H groups in total. The first kappa shape index (κ1) is 16.2. The van der Waals surface area contributed by atoms with Crippen LogP contribution in [-0.2, 0) is 0 Å². The maximum atomic E-state index is 13.0. The molecule has 0 aliphatic rings. The van der Waals surface area contributed by atoms with Crippen LogP contribution >= 0.6 is 11.8 Å². The third-order valence-corrected chi connectivity index (χ3v) is 4.46. The summed E-state index contributed by atoms with van der Waals surface area (Å²) in [7, 11) is 0. The van der Waals surface area contributed by atoms with E-state index in [9.17, 15) is 14.5 Å². The van der Waals surface area contributed by atoms with Crippen LogP contribution in [0.5, 0.6) is 0 Å². The zero-order valence-electron chi connectivity index (χ0n) is 12.7. The predicted molar refractivity (Wildman–Crippen MR) is 89.3 cm³/mol. The van der Waals surface area contributed by atoms with E-state index in [0.717, 1.165) is 11.1 Å². The number of non-ortho nitro benzene ring substituents is 1. The van der Waals surface area contributed by atoms with Crippen molar-refractivity contribution in [1.29, 1.82) is 0 Å². The molecule has 1 aromatic heterocycles. The standard InChI is InChI=1S/C17H13FN2O3S/c1-11(13-3-2-4-15(9-13)20(21)22)24-17-19-10-16(23-17)12-5-7-14(18)8-6-12/h2-11H,1H3. The summed E-state index contributed by atoms with van der Waals surface area (Å²) in [6, 6.07) is 12.4. The van der Waals surface area contributed by atoms with E-state index < -0.39 is 4.92 Å². The number of rotatable bonds is 5. The van der Waals surface area contributed by atoms with Crippen molar-refractivity contribution < 1.29 is 13.7 Å². The quantitative estimate of drug-likeness (QED) is 0.359. The van der Waals surface area contributed by atoms with Crippen LogP contribution in [-0.4, -0.2) is 9.91 Å². The van der Waals surface area contributed by atoms with Crippen molar-refractivity contribution in [3.05, 3.63) is 76.2 Å². The summed E-state index contributed by atoms with van der Waals surface area (Å²) >= 11 is 1.36. The second-order valence-corrected chi connectivity index (χ2v) is 6.40. The Hall–Kier alpha value is -2.67. The van der Waals surface area contributed by atoms with Crippen LogP contribution in [0.1, 0.15) is 17.7 Å². The van der Waals surface area contributed by atoms with Crippen LogP contribution in [0.2, 0.25) is 0 Å².